The number of carbonyl (C=O) groups is 3. The van der Waals surface area contributed by atoms with Gasteiger partial charge in [0.25, 0.3) is 5.91 Å². The average molecular weight is 494 g/mol. The predicted molar refractivity (Wildman–Crippen MR) is 136 cm³/mol. The lowest BCUT2D eigenvalue weighted by molar-refractivity contribution is -0.404. The molecule has 2 fully saturated rings. The molecule has 8 heteroatoms. The molecule has 4 rings (SSSR count). The van der Waals surface area contributed by atoms with Gasteiger partial charge in [-0.1, -0.05) is 67.6 Å². The van der Waals surface area contributed by atoms with Crippen molar-refractivity contribution >= 4 is 17.7 Å². The minimum absolute atomic E-state index is 0.00201. The van der Waals surface area contributed by atoms with E-state index in [1.54, 1.807) is 4.90 Å². The fraction of sp³-hybridized carbons (Fsp3) is 0.464. The number of nitrogens with zero attached hydrogens (tertiary/aromatic N) is 1. The summed E-state index contributed by atoms with van der Waals surface area (Å²) in [4.78, 5) is 42.0. The Kier molecular flexibility index (Phi) is 8.38. The van der Waals surface area contributed by atoms with Crippen LogP contribution in [0, 0.1) is 5.92 Å². The summed E-state index contributed by atoms with van der Waals surface area (Å²) in [7, 11) is 0. The molecule has 2 aliphatic rings. The van der Waals surface area contributed by atoms with Crippen LogP contribution >= 0.6 is 0 Å². The van der Waals surface area contributed by atoms with Gasteiger partial charge in [0.1, 0.15) is 12.1 Å². The smallest absolute Gasteiger partial charge is 0.278 e. The molecule has 0 spiro atoms. The SMILES string of the molecule is CC[C@H]([NH3+])C(=O)N[C@@H]1C(=O)N2[C@@H](CC[C@@H]1C[NH3+])CC[C@H]2C(=O)NC(c1ccccc1)c1ccccc1. The quantitative estimate of drug-likeness (QED) is 0.424. The van der Waals surface area contributed by atoms with Crippen molar-refractivity contribution in [3.63, 3.8) is 0 Å². The topological polar surface area (TPSA) is 134 Å². The Morgan fingerprint density at radius 1 is 0.972 bits per heavy atom. The van der Waals surface area contributed by atoms with E-state index in [0.29, 0.717) is 19.4 Å². The lowest BCUT2D eigenvalue weighted by Crippen LogP contribution is -2.70. The highest BCUT2D eigenvalue weighted by Gasteiger charge is 2.48. The Bertz CT molecular complexity index is 1010. The first-order valence-electron chi connectivity index (χ1n) is 13.1. The van der Waals surface area contributed by atoms with Crippen LogP contribution in [0.1, 0.15) is 56.2 Å². The molecule has 0 saturated carbocycles. The number of hydrogen-bond acceptors (Lipinski definition) is 3. The number of amides is 3. The van der Waals surface area contributed by atoms with Crippen LogP contribution in [0.3, 0.4) is 0 Å². The third-order valence-electron chi connectivity index (χ3n) is 7.75. The van der Waals surface area contributed by atoms with E-state index >= 15 is 0 Å². The van der Waals surface area contributed by atoms with Crippen molar-refractivity contribution in [1.29, 1.82) is 0 Å². The van der Waals surface area contributed by atoms with E-state index in [0.717, 1.165) is 30.4 Å². The third-order valence-corrected chi connectivity index (χ3v) is 7.75. The van der Waals surface area contributed by atoms with Gasteiger partial charge in [-0.3, -0.25) is 14.4 Å². The average Bonchev–Trinajstić information content (AvgIpc) is 3.30. The fourth-order valence-corrected chi connectivity index (χ4v) is 5.53. The summed E-state index contributed by atoms with van der Waals surface area (Å²) in [6.45, 7) is 2.45. The summed E-state index contributed by atoms with van der Waals surface area (Å²) < 4.78 is 0. The van der Waals surface area contributed by atoms with E-state index in [1.807, 2.05) is 67.6 Å². The van der Waals surface area contributed by atoms with Crippen molar-refractivity contribution < 1.29 is 25.9 Å². The molecule has 0 aliphatic carbocycles. The number of quaternary nitrogens is 2. The molecule has 2 heterocycles. The van der Waals surface area contributed by atoms with Gasteiger partial charge >= 0.3 is 0 Å². The molecular formula is C28H39N5O3+2. The van der Waals surface area contributed by atoms with E-state index in [1.165, 1.54) is 0 Å². The van der Waals surface area contributed by atoms with Crippen LogP contribution in [0.2, 0.25) is 0 Å². The maximum Gasteiger partial charge on any atom is 0.278 e. The zero-order valence-electron chi connectivity index (χ0n) is 21.1. The van der Waals surface area contributed by atoms with Gasteiger partial charge in [0.2, 0.25) is 11.8 Å². The molecule has 2 aromatic rings. The monoisotopic (exact) mass is 493 g/mol. The Balaban J connectivity index is 1.58. The second kappa shape index (κ2) is 11.7. The second-order valence-corrected chi connectivity index (χ2v) is 9.97. The first-order valence-corrected chi connectivity index (χ1v) is 13.1. The van der Waals surface area contributed by atoms with E-state index in [2.05, 4.69) is 22.1 Å². The fourth-order valence-electron chi connectivity index (χ4n) is 5.53. The van der Waals surface area contributed by atoms with Crippen molar-refractivity contribution in [3.8, 4) is 0 Å². The number of fused-ring (bicyclic) bond motifs is 1. The zero-order valence-corrected chi connectivity index (χ0v) is 21.1. The summed E-state index contributed by atoms with van der Waals surface area (Å²) in [5.41, 5.74) is 9.92. The lowest BCUT2D eigenvalue weighted by atomic mass is 9.93. The van der Waals surface area contributed by atoms with Crippen molar-refractivity contribution in [2.45, 2.75) is 69.2 Å². The van der Waals surface area contributed by atoms with Gasteiger partial charge in [-0.05, 0) is 36.8 Å². The minimum Gasteiger partial charge on any atom is -0.357 e. The highest BCUT2D eigenvalue weighted by atomic mass is 16.2. The molecule has 0 aromatic heterocycles. The normalized spacial score (nSPS) is 24.7. The first kappa shape index (κ1) is 25.9. The zero-order chi connectivity index (χ0) is 25.7. The van der Waals surface area contributed by atoms with Crippen LogP contribution in [0.15, 0.2) is 60.7 Å². The molecule has 2 aliphatic heterocycles. The highest BCUT2D eigenvalue weighted by Crippen LogP contribution is 2.34. The Morgan fingerprint density at radius 2 is 1.56 bits per heavy atom. The Hall–Kier alpha value is -3.23. The molecular weight excluding hydrogens is 454 g/mol. The molecule has 2 aromatic carbocycles. The number of benzene rings is 2. The van der Waals surface area contributed by atoms with Crippen molar-refractivity contribution in [3.05, 3.63) is 71.8 Å². The Morgan fingerprint density at radius 3 is 2.11 bits per heavy atom. The largest absolute Gasteiger partial charge is 0.357 e. The number of nitrogens with one attached hydrogen (secondary N) is 2. The maximum atomic E-state index is 13.9. The molecule has 8 N–H and O–H groups in total. The molecule has 8 nitrogen and oxygen atoms in total. The van der Waals surface area contributed by atoms with Gasteiger partial charge in [0, 0.05) is 18.4 Å². The van der Waals surface area contributed by atoms with Crippen LogP contribution in [0.25, 0.3) is 0 Å². The van der Waals surface area contributed by atoms with Gasteiger partial charge in [0.05, 0.1) is 12.6 Å². The molecule has 0 unspecified atom stereocenters. The molecule has 3 amide bonds. The molecule has 5 atom stereocenters. The first-order chi connectivity index (χ1) is 17.4. The van der Waals surface area contributed by atoms with Crippen LogP contribution < -0.4 is 22.1 Å². The second-order valence-electron chi connectivity index (χ2n) is 9.97. The summed E-state index contributed by atoms with van der Waals surface area (Å²) in [6, 6.07) is 17.7. The van der Waals surface area contributed by atoms with E-state index in [4.69, 9.17) is 0 Å². The predicted octanol–water partition coefficient (Wildman–Crippen LogP) is 0.409. The van der Waals surface area contributed by atoms with Gasteiger partial charge in [-0.2, -0.15) is 0 Å². The summed E-state index contributed by atoms with van der Waals surface area (Å²) in [5.74, 6) is -0.607. The lowest BCUT2D eigenvalue weighted by Gasteiger charge is -2.32. The van der Waals surface area contributed by atoms with Crippen LogP contribution in [-0.4, -0.2) is 53.3 Å². The summed E-state index contributed by atoms with van der Waals surface area (Å²) in [5, 5.41) is 6.19. The molecule has 36 heavy (non-hydrogen) atoms. The highest BCUT2D eigenvalue weighted by molar-refractivity contribution is 5.94. The molecule has 0 radical (unpaired) electrons. The van der Waals surface area contributed by atoms with E-state index < -0.39 is 18.1 Å². The van der Waals surface area contributed by atoms with Crippen molar-refractivity contribution in [1.82, 2.24) is 15.5 Å². The molecule has 2 saturated heterocycles. The number of carbonyl (C=O) groups excluding carboxylic acids is 3. The van der Waals surface area contributed by atoms with Gasteiger partial charge in [-0.15, -0.1) is 0 Å². The minimum atomic E-state index is -0.678. The third kappa shape index (κ3) is 5.44. The van der Waals surface area contributed by atoms with E-state index in [-0.39, 0.29) is 35.7 Å². The number of rotatable bonds is 8. The van der Waals surface area contributed by atoms with Crippen LogP contribution in [0.5, 0.6) is 0 Å². The van der Waals surface area contributed by atoms with Crippen molar-refractivity contribution in [2.75, 3.05) is 6.54 Å². The summed E-state index contributed by atoms with van der Waals surface area (Å²) >= 11 is 0. The van der Waals surface area contributed by atoms with Crippen LogP contribution in [0.4, 0.5) is 0 Å². The number of hydrogen-bond donors (Lipinski definition) is 4. The van der Waals surface area contributed by atoms with Gasteiger partial charge in [-0.25, -0.2) is 0 Å². The van der Waals surface area contributed by atoms with Gasteiger partial charge < -0.3 is 27.0 Å². The van der Waals surface area contributed by atoms with Gasteiger partial charge in [0.15, 0.2) is 6.04 Å². The Labute approximate surface area is 212 Å². The molecule has 192 valence electrons. The standard InChI is InChI=1S/C28H37N5O3/c1-2-22(30)26(34)32-25-20(17-29)13-14-21-15-16-23(33(21)28(25)36)27(35)31-24(18-9-5-3-6-10-18)19-11-7-4-8-12-19/h3-12,20-25H,2,13-17,29-30H2,1H3,(H,31,35)(H,32,34)/p+2/t20-,21+,22+,23+,25+/m1/s1. The summed E-state index contributed by atoms with van der Waals surface area (Å²) in [6.07, 6.45) is 3.59. The molecule has 0 bridgehead atoms. The maximum absolute atomic E-state index is 13.9. The van der Waals surface area contributed by atoms with Crippen molar-refractivity contribution in [2.24, 2.45) is 5.92 Å². The van der Waals surface area contributed by atoms with E-state index in [9.17, 15) is 14.4 Å². The van der Waals surface area contributed by atoms with Crippen LogP contribution in [-0.2, 0) is 14.4 Å².